The summed E-state index contributed by atoms with van der Waals surface area (Å²) in [4.78, 5) is 42.0. The number of ether oxygens (including phenoxy) is 1. The highest BCUT2D eigenvalue weighted by molar-refractivity contribution is 6.04. The Morgan fingerprint density at radius 3 is 2.48 bits per heavy atom. The monoisotopic (exact) mass is 427 g/mol. The van der Waals surface area contributed by atoms with Gasteiger partial charge in [-0.25, -0.2) is 0 Å². The zero-order chi connectivity index (χ0) is 21.8. The van der Waals surface area contributed by atoms with Crippen LogP contribution in [0.4, 0.5) is 11.4 Å². The van der Waals surface area contributed by atoms with Crippen molar-refractivity contribution in [3.8, 4) is 5.75 Å². The molecule has 31 heavy (non-hydrogen) atoms. The number of carbonyl (C=O) groups is 3. The van der Waals surface area contributed by atoms with E-state index in [4.69, 9.17) is 4.74 Å². The van der Waals surface area contributed by atoms with Gasteiger partial charge in [0.1, 0.15) is 12.3 Å². The summed E-state index contributed by atoms with van der Waals surface area (Å²) < 4.78 is 5.90. The normalized spacial score (nSPS) is 22.0. The Balaban J connectivity index is 1.54. The largest absolute Gasteiger partial charge is 0.478 e. The van der Waals surface area contributed by atoms with Crippen molar-refractivity contribution in [3.05, 3.63) is 18.2 Å². The molecule has 7 heteroatoms. The molecule has 1 atom stereocenters. The minimum absolute atomic E-state index is 0.00567. The maximum atomic E-state index is 13.1. The van der Waals surface area contributed by atoms with Crippen LogP contribution >= 0.6 is 0 Å². The number of amides is 3. The number of fused-ring (bicyclic) bond motifs is 1. The van der Waals surface area contributed by atoms with Gasteiger partial charge in [-0.05, 0) is 56.7 Å². The molecule has 1 aromatic rings. The van der Waals surface area contributed by atoms with Crippen LogP contribution in [0.3, 0.4) is 0 Å². The lowest BCUT2D eigenvalue weighted by Crippen LogP contribution is -2.51. The number of benzene rings is 1. The van der Waals surface area contributed by atoms with Gasteiger partial charge in [-0.15, -0.1) is 0 Å². The molecular formula is C24H33N3O4. The Bertz CT molecular complexity index is 828. The van der Waals surface area contributed by atoms with E-state index in [0.717, 1.165) is 58.0 Å². The van der Waals surface area contributed by atoms with E-state index in [1.54, 1.807) is 17.0 Å². The van der Waals surface area contributed by atoms with Gasteiger partial charge < -0.3 is 15.0 Å². The molecule has 1 saturated carbocycles. The van der Waals surface area contributed by atoms with Gasteiger partial charge in [-0.3, -0.25) is 19.3 Å². The number of carbonyl (C=O) groups excluding carboxylic acids is 3. The summed E-state index contributed by atoms with van der Waals surface area (Å²) in [5.41, 5.74) is 1.19. The van der Waals surface area contributed by atoms with Crippen molar-refractivity contribution in [3.63, 3.8) is 0 Å². The van der Waals surface area contributed by atoms with E-state index in [1.165, 1.54) is 6.42 Å². The van der Waals surface area contributed by atoms with Crippen LogP contribution in [0.25, 0.3) is 0 Å². The van der Waals surface area contributed by atoms with E-state index >= 15 is 0 Å². The number of nitrogens with one attached hydrogen (secondary N) is 1. The summed E-state index contributed by atoms with van der Waals surface area (Å²) >= 11 is 0. The molecule has 1 aromatic carbocycles. The topological polar surface area (TPSA) is 79.0 Å². The van der Waals surface area contributed by atoms with E-state index in [2.05, 4.69) is 5.32 Å². The van der Waals surface area contributed by atoms with Crippen molar-refractivity contribution in [1.82, 2.24) is 4.90 Å². The first kappa shape index (κ1) is 21.7. The number of piperidine rings is 1. The summed E-state index contributed by atoms with van der Waals surface area (Å²) in [5, 5.41) is 3.01. The molecule has 3 amide bonds. The molecule has 1 unspecified atom stereocenters. The first-order valence-corrected chi connectivity index (χ1v) is 11.8. The number of nitrogens with zero attached hydrogens (tertiary/aromatic N) is 2. The average Bonchev–Trinajstić information content (AvgIpc) is 2.82. The van der Waals surface area contributed by atoms with Crippen LogP contribution in [0.15, 0.2) is 18.2 Å². The highest BCUT2D eigenvalue weighted by Gasteiger charge is 2.35. The van der Waals surface area contributed by atoms with Crippen LogP contribution in [0, 0.1) is 5.92 Å². The Morgan fingerprint density at radius 2 is 1.77 bits per heavy atom. The van der Waals surface area contributed by atoms with Crippen LogP contribution < -0.4 is 15.0 Å². The third kappa shape index (κ3) is 4.86. The SMILES string of the molecule is CCC1Oc2ccc(NC(=O)C3CCCCC3)cc2N(CC(=O)N2CCCCC2)C1=O. The van der Waals surface area contributed by atoms with Crippen LogP contribution in [-0.4, -0.2) is 48.4 Å². The quantitative estimate of drug-likeness (QED) is 0.777. The number of hydrogen-bond donors (Lipinski definition) is 1. The third-order valence-electron chi connectivity index (χ3n) is 6.68. The fraction of sp³-hybridized carbons (Fsp3) is 0.625. The average molecular weight is 428 g/mol. The number of anilines is 2. The molecule has 2 aliphatic heterocycles. The molecule has 0 aromatic heterocycles. The number of likely N-dealkylation sites (tertiary alicyclic amines) is 1. The summed E-state index contributed by atoms with van der Waals surface area (Å²) in [6.07, 6.45) is 8.33. The van der Waals surface area contributed by atoms with E-state index < -0.39 is 6.10 Å². The van der Waals surface area contributed by atoms with Gasteiger partial charge >= 0.3 is 0 Å². The van der Waals surface area contributed by atoms with Crippen molar-refractivity contribution >= 4 is 29.1 Å². The Labute approximate surface area is 184 Å². The van der Waals surface area contributed by atoms with E-state index in [-0.39, 0.29) is 30.2 Å². The molecule has 0 spiro atoms. The lowest BCUT2D eigenvalue weighted by molar-refractivity contribution is -0.134. The fourth-order valence-electron chi connectivity index (χ4n) is 4.81. The smallest absolute Gasteiger partial charge is 0.268 e. The second kappa shape index (κ2) is 9.71. The molecular weight excluding hydrogens is 394 g/mol. The van der Waals surface area contributed by atoms with Crippen molar-refractivity contribution in [2.75, 3.05) is 29.9 Å². The molecule has 1 aliphatic carbocycles. The molecule has 1 N–H and O–H groups in total. The second-order valence-electron chi connectivity index (χ2n) is 8.89. The lowest BCUT2D eigenvalue weighted by Gasteiger charge is -2.36. The van der Waals surface area contributed by atoms with Gasteiger partial charge in [0.2, 0.25) is 11.8 Å². The lowest BCUT2D eigenvalue weighted by atomic mass is 9.88. The molecule has 2 fully saturated rings. The van der Waals surface area contributed by atoms with Crippen molar-refractivity contribution in [1.29, 1.82) is 0 Å². The van der Waals surface area contributed by atoms with Crippen molar-refractivity contribution in [2.45, 2.75) is 70.8 Å². The van der Waals surface area contributed by atoms with Gasteiger partial charge in [-0.2, -0.15) is 0 Å². The zero-order valence-corrected chi connectivity index (χ0v) is 18.4. The molecule has 0 radical (unpaired) electrons. The van der Waals surface area contributed by atoms with Crippen LogP contribution in [0.2, 0.25) is 0 Å². The van der Waals surface area contributed by atoms with Gasteiger partial charge in [0.05, 0.1) is 5.69 Å². The maximum absolute atomic E-state index is 13.1. The van der Waals surface area contributed by atoms with Crippen LogP contribution in [-0.2, 0) is 14.4 Å². The Hall–Kier alpha value is -2.57. The van der Waals surface area contributed by atoms with E-state index in [9.17, 15) is 14.4 Å². The van der Waals surface area contributed by atoms with Crippen molar-refractivity contribution < 1.29 is 19.1 Å². The number of rotatable bonds is 5. The second-order valence-corrected chi connectivity index (χ2v) is 8.89. The molecule has 168 valence electrons. The summed E-state index contributed by atoms with van der Waals surface area (Å²) in [7, 11) is 0. The maximum Gasteiger partial charge on any atom is 0.268 e. The minimum Gasteiger partial charge on any atom is -0.478 e. The molecule has 4 rings (SSSR count). The van der Waals surface area contributed by atoms with Crippen LogP contribution in [0.1, 0.15) is 64.7 Å². The first-order chi connectivity index (χ1) is 15.1. The van der Waals surface area contributed by atoms with Crippen LogP contribution in [0.5, 0.6) is 5.75 Å². The number of hydrogen-bond acceptors (Lipinski definition) is 4. The molecule has 7 nitrogen and oxygen atoms in total. The predicted molar refractivity (Wildman–Crippen MR) is 119 cm³/mol. The summed E-state index contributed by atoms with van der Waals surface area (Å²) in [6, 6.07) is 5.37. The van der Waals surface area contributed by atoms with E-state index in [0.29, 0.717) is 23.5 Å². The summed E-state index contributed by atoms with van der Waals surface area (Å²) in [5.74, 6) is 0.422. The predicted octanol–water partition coefficient (Wildman–Crippen LogP) is 3.72. The van der Waals surface area contributed by atoms with Gasteiger partial charge in [-0.1, -0.05) is 26.2 Å². The third-order valence-corrected chi connectivity index (χ3v) is 6.68. The van der Waals surface area contributed by atoms with Gasteiger partial charge in [0.15, 0.2) is 6.10 Å². The summed E-state index contributed by atoms with van der Waals surface area (Å²) in [6.45, 7) is 3.40. The molecule has 3 aliphatic rings. The zero-order valence-electron chi connectivity index (χ0n) is 18.4. The Morgan fingerprint density at radius 1 is 1.06 bits per heavy atom. The van der Waals surface area contributed by atoms with E-state index in [1.807, 2.05) is 17.9 Å². The Kier molecular flexibility index (Phi) is 6.78. The standard InChI is InChI=1S/C24H33N3O4/c1-2-20-24(30)27(16-22(28)26-13-7-4-8-14-26)19-15-18(11-12-21(19)31-20)25-23(29)17-9-5-3-6-10-17/h11-12,15,17,20H,2-10,13-14,16H2,1H3,(H,25,29). The molecule has 0 bridgehead atoms. The first-order valence-electron chi connectivity index (χ1n) is 11.8. The highest BCUT2D eigenvalue weighted by atomic mass is 16.5. The molecule has 2 heterocycles. The van der Waals surface area contributed by atoms with Crippen molar-refractivity contribution in [2.24, 2.45) is 5.92 Å². The highest BCUT2D eigenvalue weighted by Crippen LogP contribution is 2.37. The van der Waals surface area contributed by atoms with Gasteiger partial charge in [0, 0.05) is 24.7 Å². The fourth-order valence-corrected chi connectivity index (χ4v) is 4.81. The van der Waals surface area contributed by atoms with Gasteiger partial charge in [0.25, 0.3) is 5.91 Å². The minimum atomic E-state index is -0.593. The molecule has 1 saturated heterocycles.